The van der Waals surface area contributed by atoms with Crippen LogP contribution in [0.4, 0.5) is 10.1 Å². The highest BCUT2D eigenvalue weighted by atomic mass is 35.5. The summed E-state index contributed by atoms with van der Waals surface area (Å²) in [6.45, 7) is 1.38. The Morgan fingerprint density at radius 1 is 1.16 bits per heavy atom. The molecule has 0 radical (unpaired) electrons. The minimum Gasteiger partial charge on any atom is -0.380 e. The number of carbonyl (C=O) groups is 1. The van der Waals surface area contributed by atoms with Crippen LogP contribution in [0.2, 0.25) is 0 Å². The fraction of sp³-hybridized carbons (Fsp3) is 0.292. The molecule has 0 aliphatic carbocycles. The monoisotopic (exact) mass is 452 g/mol. The van der Waals surface area contributed by atoms with Crippen molar-refractivity contribution < 1.29 is 9.18 Å². The van der Waals surface area contributed by atoms with Crippen molar-refractivity contribution in [3.05, 3.63) is 75.8 Å². The van der Waals surface area contributed by atoms with Crippen LogP contribution in [0.3, 0.4) is 0 Å². The number of hydrogen-bond acceptors (Lipinski definition) is 4. The van der Waals surface area contributed by atoms with Gasteiger partial charge in [0, 0.05) is 24.5 Å². The van der Waals surface area contributed by atoms with Crippen LogP contribution in [0.1, 0.15) is 24.0 Å². The fourth-order valence-corrected chi connectivity index (χ4v) is 4.32. The first-order valence-corrected chi connectivity index (χ1v) is 11.0. The van der Waals surface area contributed by atoms with Gasteiger partial charge in [0.1, 0.15) is 23.3 Å². The van der Waals surface area contributed by atoms with E-state index in [0.717, 1.165) is 10.9 Å². The normalized spacial score (nSPS) is 14.3. The quantitative estimate of drug-likeness (QED) is 0.599. The number of pyridine rings is 1. The molecule has 6 nitrogen and oxygen atoms in total. The largest absolute Gasteiger partial charge is 0.380 e. The van der Waals surface area contributed by atoms with Crippen molar-refractivity contribution in [2.75, 3.05) is 24.3 Å². The summed E-state index contributed by atoms with van der Waals surface area (Å²) in [7, 11) is 0. The third-order valence-electron chi connectivity index (χ3n) is 5.85. The third kappa shape index (κ3) is 4.32. The predicted octanol–water partition coefficient (Wildman–Crippen LogP) is 3.70. The number of amides is 1. The van der Waals surface area contributed by atoms with E-state index in [4.69, 9.17) is 11.6 Å². The maximum atomic E-state index is 13.3. The molecule has 2 aromatic carbocycles. The molecule has 3 aromatic rings. The van der Waals surface area contributed by atoms with Crippen molar-refractivity contribution in [1.29, 1.82) is 5.26 Å². The topological polar surface area (TPSA) is 78.1 Å². The van der Waals surface area contributed by atoms with Crippen LogP contribution < -0.4 is 10.9 Å². The molecule has 164 valence electrons. The molecule has 0 saturated carbocycles. The van der Waals surface area contributed by atoms with Gasteiger partial charge in [-0.15, -0.1) is 11.6 Å². The number of para-hydroxylation sites is 1. The molecule has 1 N–H and O–H groups in total. The molecule has 8 heteroatoms. The van der Waals surface area contributed by atoms with Crippen molar-refractivity contribution >= 4 is 34.1 Å². The highest BCUT2D eigenvalue weighted by molar-refractivity contribution is 6.27. The predicted molar refractivity (Wildman–Crippen MR) is 122 cm³/mol. The Balaban J connectivity index is 1.70. The molecule has 1 aliphatic heterocycles. The molecule has 2 heterocycles. The molecular formula is C24H22ClFN4O2. The maximum Gasteiger partial charge on any atom is 0.271 e. The number of benzene rings is 2. The minimum absolute atomic E-state index is 0.0252. The summed E-state index contributed by atoms with van der Waals surface area (Å²) in [6, 6.07) is 15.5. The number of alkyl halides is 1. The second-order valence-corrected chi connectivity index (χ2v) is 8.10. The van der Waals surface area contributed by atoms with E-state index >= 15 is 0 Å². The Hall–Kier alpha value is -3.37. The number of likely N-dealkylation sites (tertiary alicyclic amines) is 1. The average molecular weight is 453 g/mol. The van der Waals surface area contributed by atoms with Gasteiger partial charge in [0.2, 0.25) is 5.91 Å². The van der Waals surface area contributed by atoms with E-state index < -0.39 is 5.56 Å². The summed E-state index contributed by atoms with van der Waals surface area (Å²) in [5.41, 5.74) is 1.63. The number of piperidine rings is 1. The highest BCUT2D eigenvalue weighted by Crippen LogP contribution is 2.28. The van der Waals surface area contributed by atoms with Gasteiger partial charge in [0.05, 0.1) is 17.7 Å². The Morgan fingerprint density at radius 3 is 2.50 bits per heavy atom. The van der Waals surface area contributed by atoms with Crippen LogP contribution >= 0.6 is 11.6 Å². The van der Waals surface area contributed by atoms with E-state index in [2.05, 4.69) is 11.4 Å². The molecule has 1 aromatic heterocycles. The molecule has 1 saturated heterocycles. The van der Waals surface area contributed by atoms with Gasteiger partial charge in [-0.2, -0.15) is 5.26 Å². The smallest absolute Gasteiger partial charge is 0.271 e. The Kier molecular flexibility index (Phi) is 6.42. The first-order chi connectivity index (χ1) is 15.5. The zero-order chi connectivity index (χ0) is 22.7. The Labute approximate surface area is 189 Å². The third-order valence-corrected chi connectivity index (χ3v) is 6.08. The summed E-state index contributed by atoms with van der Waals surface area (Å²) in [5, 5.41) is 14.0. The van der Waals surface area contributed by atoms with Crippen molar-refractivity contribution in [2.24, 2.45) is 0 Å². The summed E-state index contributed by atoms with van der Waals surface area (Å²) in [6.07, 6.45) is 1.39. The molecule has 1 amide bonds. The first kappa shape index (κ1) is 21.8. The first-order valence-electron chi connectivity index (χ1n) is 10.4. The van der Waals surface area contributed by atoms with Gasteiger partial charge in [0.25, 0.3) is 5.56 Å². The van der Waals surface area contributed by atoms with Crippen molar-refractivity contribution in [1.82, 2.24) is 9.47 Å². The molecule has 32 heavy (non-hydrogen) atoms. The Bertz CT molecular complexity index is 1240. The van der Waals surface area contributed by atoms with E-state index in [9.17, 15) is 19.2 Å². The number of rotatable bonds is 5. The summed E-state index contributed by atoms with van der Waals surface area (Å²) >= 11 is 5.66. The summed E-state index contributed by atoms with van der Waals surface area (Å²) in [4.78, 5) is 26.8. The van der Waals surface area contributed by atoms with Gasteiger partial charge in [-0.3, -0.25) is 9.59 Å². The van der Waals surface area contributed by atoms with Crippen molar-refractivity contribution in [3.8, 4) is 6.07 Å². The maximum absolute atomic E-state index is 13.3. The van der Waals surface area contributed by atoms with E-state index in [0.29, 0.717) is 37.1 Å². The second kappa shape index (κ2) is 9.41. The standard InChI is InChI=1S/C24H22ClFN4O2/c25-13-22(31)29-11-9-18(10-12-29)28-23-19-3-1-2-4-21(19)30(24(32)20(23)14-27)15-16-5-7-17(26)8-6-16/h1-8,18,28H,9-13,15H2. The number of carbonyl (C=O) groups excluding carboxylic acids is 1. The van der Waals surface area contributed by atoms with Crippen LogP contribution in [-0.2, 0) is 11.3 Å². The zero-order valence-corrected chi connectivity index (χ0v) is 18.1. The highest BCUT2D eigenvalue weighted by Gasteiger charge is 2.25. The van der Waals surface area contributed by atoms with Gasteiger partial charge >= 0.3 is 0 Å². The number of halogens is 2. The minimum atomic E-state index is -0.396. The van der Waals surface area contributed by atoms with Crippen molar-refractivity contribution in [2.45, 2.75) is 25.4 Å². The zero-order valence-electron chi connectivity index (χ0n) is 17.4. The second-order valence-electron chi connectivity index (χ2n) is 7.83. The molecule has 1 aliphatic rings. The van der Waals surface area contributed by atoms with E-state index in [1.807, 2.05) is 24.3 Å². The lowest BCUT2D eigenvalue weighted by Crippen LogP contribution is -2.43. The lowest BCUT2D eigenvalue weighted by atomic mass is 10.0. The fourth-order valence-electron chi connectivity index (χ4n) is 4.15. The number of hydrogen-bond donors (Lipinski definition) is 1. The van der Waals surface area contributed by atoms with Gasteiger partial charge in [-0.1, -0.05) is 30.3 Å². The molecule has 0 bridgehead atoms. The van der Waals surface area contributed by atoms with E-state index in [1.54, 1.807) is 21.6 Å². The van der Waals surface area contributed by atoms with Crippen LogP contribution in [0, 0.1) is 17.1 Å². The van der Waals surface area contributed by atoms with E-state index in [1.165, 1.54) is 12.1 Å². The molecule has 0 spiro atoms. The lowest BCUT2D eigenvalue weighted by Gasteiger charge is -2.33. The summed E-state index contributed by atoms with van der Waals surface area (Å²) in [5.74, 6) is -0.466. The van der Waals surface area contributed by atoms with Crippen molar-refractivity contribution in [3.63, 3.8) is 0 Å². The van der Waals surface area contributed by atoms with Crippen LogP contribution in [0.25, 0.3) is 10.9 Å². The number of anilines is 1. The SMILES string of the molecule is N#Cc1c(NC2CCN(C(=O)CCl)CC2)c2ccccc2n(Cc2ccc(F)cc2)c1=O. The van der Waals surface area contributed by atoms with Crippen LogP contribution in [0.5, 0.6) is 0 Å². The number of fused-ring (bicyclic) bond motifs is 1. The molecular weight excluding hydrogens is 431 g/mol. The van der Waals surface area contributed by atoms with Gasteiger partial charge in [-0.05, 0) is 36.6 Å². The molecule has 0 unspecified atom stereocenters. The number of aromatic nitrogens is 1. The van der Waals surface area contributed by atoms with E-state index in [-0.39, 0.29) is 35.8 Å². The van der Waals surface area contributed by atoms with Crippen LogP contribution in [-0.4, -0.2) is 40.4 Å². The summed E-state index contributed by atoms with van der Waals surface area (Å²) < 4.78 is 14.8. The molecule has 4 rings (SSSR count). The van der Waals surface area contributed by atoms with Gasteiger partial charge in [-0.25, -0.2) is 4.39 Å². The number of nitrogens with zero attached hydrogens (tertiary/aromatic N) is 3. The van der Waals surface area contributed by atoms with Gasteiger partial charge in [0.15, 0.2) is 0 Å². The Morgan fingerprint density at radius 2 is 1.84 bits per heavy atom. The van der Waals surface area contributed by atoms with Gasteiger partial charge < -0.3 is 14.8 Å². The molecule has 0 atom stereocenters. The molecule has 1 fully saturated rings. The number of nitriles is 1. The lowest BCUT2D eigenvalue weighted by molar-refractivity contribution is -0.129. The number of nitrogens with one attached hydrogen (secondary N) is 1. The average Bonchev–Trinajstić information content (AvgIpc) is 2.83. The van der Waals surface area contributed by atoms with Crippen LogP contribution in [0.15, 0.2) is 53.3 Å².